The van der Waals surface area contributed by atoms with E-state index < -0.39 is 17.7 Å². The molecular weight excluding hydrogens is 312 g/mol. The van der Waals surface area contributed by atoms with Gasteiger partial charge in [-0.05, 0) is 31.2 Å². The molecule has 0 aliphatic carbocycles. The van der Waals surface area contributed by atoms with Crippen LogP contribution in [0.4, 0.5) is 8.78 Å². The Balaban J connectivity index is 1.95. The second kappa shape index (κ2) is 6.54. The molecule has 1 fully saturated rings. The van der Waals surface area contributed by atoms with Gasteiger partial charge in [0.05, 0.1) is 0 Å². The first-order valence-corrected chi connectivity index (χ1v) is 7.32. The molecule has 2 aromatic rings. The first kappa shape index (κ1) is 15.1. The van der Waals surface area contributed by atoms with Crippen molar-refractivity contribution in [1.82, 2.24) is 15.3 Å². The van der Waals surface area contributed by atoms with Gasteiger partial charge >= 0.3 is 0 Å². The Labute approximate surface area is 131 Å². The number of nitrogens with one attached hydrogen (secondary N) is 1. The van der Waals surface area contributed by atoms with Gasteiger partial charge in [0.1, 0.15) is 10.8 Å². The average Bonchev–Trinajstić information content (AvgIpc) is 3.06. The first-order chi connectivity index (χ1) is 10.7. The van der Waals surface area contributed by atoms with E-state index in [0.29, 0.717) is 12.4 Å². The number of halogens is 3. The fourth-order valence-corrected chi connectivity index (χ4v) is 2.69. The number of hydrogen-bond donors (Lipinski definition) is 1. The van der Waals surface area contributed by atoms with E-state index in [4.69, 9.17) is 16.3 Å². The summed E-state index contributed by atoms with van der Waals surface area (Å²) in [5.74, 6) is -1.25. The molecule has 0 radical (unpaired) electrons. The van der Waals surface area contributed by atoms with Crippen LogP contribution in [0, 0.1) is 17.6 Å². The molecular formula is C15H14ClF2N3O. The van der Waals surface area contributed by atoms with Gasteiger partial charge in [-0.25, -0.2) is 18.7 Å². The highest BCUT2D eigenvalue weighted by Crippen LogP contribution is 2.36. The van der Waals surface area contributed by atoms with Crippen LogP contribution in [-0.2, 0) is 0 Å². The molecule has 1 aromatic heterocycles. The van der Waals surface area contributed by atoms with Crippen LogP contribution in [-0.4, -0.2) is 23.1 Å². The monoisotopic (exact) mass is 325 g/mol. The molecule has 0 spiro atoms. The topological polar surface area (TPSA) is 47.0 Å². The molecule has 4 nitrogen and oxygen atoms in total. The zero-order valence-corrected chi connectivity index (χ0v) is 12.4. The molecule has 0 bridgehead atoms. The SMILES string of the molecule is Fc1ccc(F)c(OC(c2ncccn2)[C@H]2CCNC2)c1Cl. The van der Waals surface area contributed by atoms with Gasteiger partial charge in [0.15, 0.2) is 23.5 Å². The predicted molar refractivity (Wildman–Crippen MR) is 77.7 cm³/mol. The third kappa shape index (κ3) is 3.03. The van der Waals surface area contributed by atoms with Crippen molar-refractivity contribution in [2.75, 3.05) is 13.1 Å². The summed E-state index contributed by atoms with van der Waals surface area (Å²) in [5, 5.41) is 2.84. The highest BCUT2D eigenvalue weighted by atomic mass is 35.5. The van der Waals surface area contributed by atoms with Crippen LogP contribution >= 0.6 is 11.6 Å². The van der Waals surface area contributed by atoms with Gasteiger partial charge in [0.25, 0.3) is 0 Å². The molecule has 1 N–H and O–H groups in total. The van der Waals surface area contributed by atoms with Crippen LogP contribution in [0.3, 0.4) is 0 Å². The molecule has 1 saturated heterocycles. The molecule has 1 unspecified atom stereocenters. The summed E-state index contributed by atoms with van der Waals surface area (Å²) in [6.45, 7) is 1.52. The summed E-state index contributed by atoms with van der Waals surface area (Å²) in [6, 6.07) is 3.64. The van der Waals surface area contributed by atoms with E-state index in [2.05, 4.69) is 15.3 Å². The van der Waals surface area contributed by atoms with Crippen LogP contribution < -0.4 is 10.1 Å². The highest BCUT2D eigenvalue weighted by Gasteiger charge is 2.31. The smallest absolute Gasteiger partial charge is 0.177 e. The van der Waals surface area contributed by atoms with Crippen molar-refractivity contribution in [2.45, 2.75) is 12.5 Å². The van der Waals surface area contributed by atoms with E-state index in [-0.39, 0.29) is 16.7 Å². The van der Waals surface area contributed by atoms with Gasteiger partial charge in [0, 0.05) is 24.9 Å². The quantitative estimate of drug-likeness (QED) is 0.877. The number of hydrogen-bond acceptors (Lipinski definition) is 4. The second-order valence-corrected chi connectivity index (χ2v) is 5.45. The minimum Gasteiger partial charge on any atom is -0.477 e. The molecule has 1 aliphatic rings. The lowest BCUT2D eigenvalue weighted by Crippen LogP contribution is -2.23. The molecule has 0 saturated carbocycles. The Morgan fingerprint density at radius 1 is 1.23 bits per heavy atom. The Bertz CT molecular complexity index is 651. The summed E-state index contributed by atoms with van der Waals surface area (Å²) < 4.78 is 33.2. The van der Waals surface area contributed by atoms with Crippen LogP contribution in [0.2, 0.25) is 5.02 Å². The van der Waals surface area contributed by atoms with Gasteiger partial charge in [0.2, 0.25) is 0 Å². The summed E-state index contributed by atoms with van der Waals surface area (Å²) in [4.78, 5) is 8.36. The van der Waals surface area contributed by atoms with Crippen LogP contribution in [0.5, 0.6) is 5.75 Å². The third-order valence-corrected chi connectivity index (χ3v) is 3.97. The number of ether oxygens (including phenoxy) is 1. The summed E-state index contributed by atoms with van der Waals surface area (Å²) in [5.41, 5.74) is 0. The summed E-state index contributed by atoms with van der Waals surface area (Å²) in [6.07, 6.45) is 3.41. The maximum absolute atomic E-state index is 14.0. The molecule has 116 valence electrons. The van der Waals surface area contributed by atoms with Crippen molar-refractivity contribution in [3.8, 4) is 5.75 Å². The fraction of sp³-hybridized carbons (Fsp3) is 0.333. The molecule has 2 heterocycles. The standard InChI is InChI=1S/C15H14ClF2N3O/c16-12-10(17)2-3-11(18)14(12)22-13(9-4-7-19-8-9)15-20-5-1-6-21-15/h1-3,5-6,9,13,19H,4,7-8H2/t9-,13?/m0/s1. The van der Waals surface area contributed by atoms with E-state index in [1.54, 1.807) is 18.5 Å². The summed E-state index contributed by atoms with van der Waals surface area (Å²) in [7, 11) is 0. The van der Waals surface area contributed by atoms with Crippen LogP contribution in [0.15, 0.2) is 30.6 Å². The van der Waals surface area contributed by atoms with Crippen LogP contribution in [0.1, 0.15) is 18.3 Å². The third-order valence-electron chi connectivity index (χ3n) is 3.61. The Hall–Kier alpha value is -1.79. The zero-order valence-electron chi connectivity index (χ0n) is 11.6. The number of aromatic nitrogens is 2. The van der Waals surface area contributed by atoms with E-state index >= 15 is 0 Å². The van der Waals surface area contributed by atoms with Gasteiger partial charge in [-0.2, -0.15) is 0 Å². The maximum atomic E-state index is 14.0. The molecule has 1 aromatic carbocycles. The lowest BCUT2D eigenvalue weighted by atomic mass is 10.0. The number of rotatable bonds is 4. The minimum absolute atomic E-state index is 0.0566. The molecule has 3 rings (SSSR count). The van der Waals surface area contributed by atoms with E-state index in [1.165, 1.54) is 0 Å². The van der Waals surface area contributed by atoms with Crippen LogP contribution in [0.25, 0.3) is 0 Å². The van der Waals surface area contributed by atoms with E-state index in [9.17, 15) is 8.78 Å². The molecule has 0 amide bonds. The van der Waals surface area contributed by atoms with Gasteiger partial charge < -0.3 is 10.1 Å². The molecule has 7 heteroatoms. The number of nitrogens with zero attached hydrogens (tertiary/aromatic N) is 2. The van der Waals surface area contributed by atoms with Gasteiger partial charge in [-0.15, -0.1) is 0 Å². The van der Waals surface area contributed by atoms with E-state index in [1.807, 2.05) is 0 Å². The van der Waals surface area contributed by atoms with Crippen molar-refractivity contribution < 1.29 is 13.5 Å². The number of benzene rings is 1. The van der Waals surface area contributed by atoms with E-state index in [0.717, 1.165) is 25.1 Å². The Kier molecular flexibility index (Phi) is 4.49. The predicted octanol–water partition coefficient (Wildman–Crippen LogP) is 3.14. The fourth-order valence-electron chi connectivity index (χ4n) is 2.50. The Morgan fingerprint density at radius 2 is 1.95 bits per heavy atom. The van der Waals surface area contributed by atoms with Crippen molar-refractivity contribution in [3.63, 3.8) is 0 Å². The average molecular weight is 326 g/mol. The molecule has 1 aliphatic heterocycles. The zero-order chi connectivity index (χ0) is 15.5. The van der Waals surface area contributed by atoms with Crippen molar-refractivity contribution in [2.24, 2.45) is 5.92 Å². The normalized spacial score (nSPS) is 19.1. The molecule has 2 atom stereocenters. The summed E-state index contributed by atoms with van der Waals surface area (Å²) >= 11 is 5.84. The van der Waals surface area contributed by atoms with Crippen molar-refractivity contribution >= 4 is 11.6 Å². The first-order valence-electron chi connectivity index (χ1n) is 6.94. The lowest BCUT2D eigenvalue weighted by Gasteiger charge is -2.23. The van der Waals surface area contributed by atoms with Crippen molar-refractivity contribution in [3.05, 3.63) is 53.1 Å². The second-order valence-electron chi connectivity index (χ2n) is 5.07. The highest BCUT2D eigenvalue weighted by molar-refractivity contribution is 6.32. The van der Waals surface area contributed by atoms with Gasteiger partial charge in [-0.1, -0.05) is 11.6 Å². The lowest BCUT2D eigenvalue weighted by molar-refractivity contribution is 0.129. The maximum Gasteiger partial charge on any atom is 0.177 e. The Morgan fingerprint density at radius 3 is 2.64 bits per heavy atom. The largest absolute Gasteiger partial charge is 0.477 e. The van der Waals surface area contributed by atoms with Gasteiger partial charge in [-0.3, -0.25) is 0 Å². The molecule has 22 heavy (non-hydrogen) atoms. The minimum atomic E-state index is -0.727. The van der Waals surface area contributed by atoms with Crippen molar-refractivity contribution in [1.29, 1.82) is 0 Å².